The second kappa shape index (κ2) is 8.17. The minimum atomic E-state index is 0.621. The Morgan fingerprint density at radius 2 is 2.00 bits per heavy atom. The molecule has 1 fully saturated rings. The lowest BCUT2D eigenvalue weighted by Crippen LogP contribution is -2.57. The van der Waals surface area contributed by atoms with Crippen LogP contribution in [-0.2, 0) is 6.54 Å². The predicted octanol–water partition coefficient (Wildman–Crippen LogP) is 4.33. The number of halogens is 1. The molecule has 2 rings (SSSR count). The van der Waals surface area contributed by atoms with Crippen LogP contribution in [0.25, 0.3) is 0 Å². The molecular formula is C18H29ClN2. The molecule has 3 atom stereocenters. The normalized spacial score (nSPS) is 25.0. The van der Waals surface area contributed by atoms with E-state index in [2.05, 4.69) is 43.1 Å². The van der Waals surface area contributed by atoms with Gasteiger partial charge in [0.2, 0.25) is 0 Å². The first kappa shape index (κ1) is 16.8. The summed E-state index contributed by atoms with van der Waals surface area (Å²) < 4.78 is 0. The molecule has 1 saturated heterocycles. The third kappa shape index (κ3) is 4.70. The van der Waals surface area contributed by atoms with Crippen LogP contribution in [0.1, 0.15) is 45.6 Å². The van der Waals surface area contributed by atoms with Crippen LogP contribution in [0.15, 0.2) is 24.3 Å². The summed E-state index contributed by atoms with van der Waals surface area (Å²) in [6.45, 7) is 10.2. The van der Waals surface area contributed by atoms with E-state index in [4.69, 9.17) is 11.6 Å². The van der Waals surface area contributed by atoms with Crippen LogP contribution >= 0.6 is 11.6 Å². The van der Waals surface area contributed by atoms with Crippen molar-refractivity contribution in [2.45, 2.75) is 58.7 Å². The molecule has 1 N–H and O–H groups in total. The van der Waals surface area contributed by atoms with E-state index in [0.29, 0.717) is 12.1 Å². The van der Waals surface area contributed by atoms with Gasteiger partial charge in [0, 0.05) is 36.7 Å². The summed E-state index contributed by atoms with van der Waals surface area (Å²) in [5, 5.41) is 4.59. The summed E-state index contributed by atoms with van der Waals surface area (Å²) in [5.41, 5.74) is 1.37. The number of rotatable bonds is 6. The van der Waals surface area contributed by atoms with Crippen molar-refractivity contribution in [1.29, 1.82) is 0 Å². The van der Waals surface area contributed by atoms with Crippen molar-refractivity contribution in [3.05, 3.63) is 34.9 Å². The van der Waals surface area contributed by atoms with Gasteiger partial charge in [-0.25, -0.2) is 0 Å². The van der Waals surface area contributed by atoms with Gasteiger partial charge in [-0.05, 0) is 30.0 Å². The molecule has 0 aliphatic carbocycles. The Morgan fingerprint density at radius 1 is 1.29 bits per heavy atom. The Kier molecular flexibility index (Phi) is 6.53. The summed E-state index contributed by atoms with van der Waals surface area (Å²) in [6.07, 6.45) is 3.76. The lowest BCUT2D eigenvalue weighted by molar-refractivity contribution is 0.0960. The van der Waals surface area contributed by atoms with Gasteiger partial charge in [0.05, 0.1) is 0 Å². The average molecular weight is 309 g/mol. The van der Waals surface area contributed by atoms with Gasteiger partial charge in [-0.3, -0.25) is 4.90 Å². The minimum absolute atomic E-state index is 0.621. The standard InChI is InChI=1S/C18H29ClN2/c1-4-6-17-11-20-18(14(3)5-2)13-21(17)12-15-7-9-16(19)10-8-15/h7-10,14,17-18,20H,4-6,11-13H2,1-3H3. The molecule has 0 radical (unpaired) electrons. The molecule has 1 heterocycles. The van der Waals surface area contributed by atoms with Crippen molar-refractivity contribution >= 4 is 11.6 Å². The lowest BCUT2D eigenvalue weighted by atomic mass is 9.94. The van der Waals surface area contributed by atoms with Crippen molar-refractivity contribution in [3.8, 4) is 0 Å². The molecule has 0 bridgehead atoms. The number of hydrogen-bond donors (Lipinski definition) is 1. The fourth-order valence-electron chi connectivity index (χ4n) is 3.18. The SMILES string of the molecule is CCCC1CNC(C(C)CC)CN1Cc1ccc(Cl)cc1. The first-order valence-corrected chi connectivity index (χ1v) is 8.73. The zero-order valence-corrected chi connectivity index (χ0v) is 14.4. The molecule has 1 aliphatic rings. The quantitative estimate of drug-likeness (QED) is 0.841. The van der Waals surface area contributed by atoms with E-state index in [9.17, 15) is 0 Å². The van der Waals surface area contributed by atoms with E-state index in [1.165, 1.54) is 24.8 Å². The molecule has 1 aliphatic heterocycles. The average Bonchev–Trinajstić information content (AvgIpc) is 2.50. The van der Waals surface area contributed by atoms with Gasteiger partial charge in [-0.2, -0.15) is 0 Å². The van der Waals surface area contributed by atoms with Gasteiger partial charge in [0.1, 0.15) is 0 Å². The molecule has 118 valence electrons. The number of benzene rings is 1. The Hall–Kier alpha value is -0.570. The van der Waals surface area contributed by atoms with Crippen molar-refractivity contribution in [3.63, 3.8) is 0 Å². The number of piperazine rings is 1. The molecular weight excluding hydrogens is 280 g/mol. The van der Waals surface area contributed by atoms with Crippen molar-refractivity contribution < 1.29 is 0 Å². The number of hydrogen-bond acceptors (Lipinski definition) is 2. The lowest BCUT2D eigenvalue weighted by Gasteiger charge is -2.42. The monoisotopic (exact) mass is 308 g/mol. The van der Waals surface area contributed by atoms with Crippen molar-refractivity contribution in [2.24, 2.45) is 5.92 Å². The molecule has 0 aromatic heterocycles. The fraction of sp³-hybridized carbons (Fsp3) is 0.667. The largest absolute Gasteiger partial charge is 0.311 e. The van der Waals surface area contributed by atoms with Gasteiger partial charge in [0.15, 0.2) is 0 Å². The first-order valence-electron chi connectivity index (χ1n) is 8.35. The second-order valence-electron chi connectivity index (χ2n) is 6.40. The van der Waals surface area contributed by atoms with Crippen LogP contribution in [0.4, 0.5) is 0 Å². The summed E-state index contributed by atoms with van der Waals surface area (Å²) in [7, 11) is 0. The van der Waals surface area contributed by atoms with E-state index in [1.807, 2.05) is 12.1 Å². The van der Waals surface area contributed by atoms with E-state index in [-0.39, 0.29) is 0 Å². The van der Waals surface area contributed by atoms with E-state index in [0.717, 1.165) is 30.6 Å². The summed E-state index contributed by atoms with van der Waals surface area (Å²) in [4.78, 5) is 2.67. The summed E-state index contributed by atoms with van der Waals surface area (Å²) >= 11 is 5.99. The molecule has 21 heavy (non-hydrogen) atoms. The highest BCUT2D eigenvalue weighted by atomic mass is 35.5. The van der Waals surface area contributed by atoms with Gasteiger partial charge < -0.3 is 5.32 Å². The molecule has 1 aromatic carbocycles. The third-order valence-electron chi connectivity index (χ3n) is 4.81. The van der Waals surface area contributed by atoms with E-state index < -0.39 is 0 Å². The first-order chi connectivity index (χ1) is 10.1. The van der Waals surface area contributed by atoms with Crippen LogP contribution in [0.2, 0.25) is 5.02 Å². The topological polar surface area (TPSA) is 15.3 Å². The Morgan fingerprint density at radius 3 is 2.62 bits per heavy atom. The number of nitrogens with zero attached hydrogens (tertiary/aromatic N) is 1. The highest BCUT2D eigenvalue weighted by Gasteiger charge is 2.29. The van der Waals surface area contributed by atoms with Crippen molar-refractivity contribution in [1.82, 2.24) is 10.2 Å². The Balaban J connectivity index is 2.04. The number of nitrogens with one attached hydrogen (secondary N) is 1. The van der Waals surface area contributed by atoms with Crippen molar-refractivity contribution in [2.75, 3.05) is 13.1 Å². The maximum atomic E-state index is 5.99. The van der Waals surface area contributed by atoms with Crippen LogP contribution < -0.4 is 5.32 Å². The third-order valence-corrected chi connectivity index (χ3v) is 5.07. The van der Waals surface area contributed by atoms with Gasteiger partial charge in [0.25, 0.3) is 0 Å². The fourth-order valence-corrected chi connectivity index (χ4v) is 3.31. The zero-order valence-electron chi connectivity index (χ0n) is 13.6. The van der Waals surface area contributed by atoms with Crippen LogP contribution in [0.3, 0.4) is 0 Å². The predicted molar refractivity (Wildman–Crippen MR) is 91.8 cm³/mol. The second-order valence-corrected chi connectivity index (χ2v) is 6.84. The maximum Gasteiger partial charge on any atom is 0.0406 e. The molecule has 3 unspecified atom stereocenters. The van der Waals surface area contributed by atoms with Gasteiger partial charge in [-0.15, -0.1) is 0 Å². The van der Waals surface area contributed by atoms with E-state index in [1.54, 1.807) is 0 Å². The highest BCUT2D eigenvalue weighted by molar-refractivity contribution is 6.30. The van der Waals surface area contributed by atoms with E-state index >= 15 is 0 Å². The molecule has 2 nitrogen and oxygen atoms in total. The molecule has 0 saturated carbocycles. The maximum absolute atomic E-state index is 5.99. The molecule has 1 aromatic rings. The van der Waals surface area contributed by atoms with Crippen LogP contribution in [-0.4, -0.2) is 30.1 Å². The smallest absolute Gasteiger partial charge is 0.0406 e. The summed E-state index contributed by atoms with van der Waals surface area (Å²) in [6, 6.07) is 9.60. The summed E-state index contributed by atoms with van der Waals surface area (Å²) in [5.74, 6) is 0.736. The van der Waals surface area contributed by atoms with Gasteiger partial charge >= 0.3 is 0 Å². The molecule has 0 spiro atoms. The molecule has 0 amide bonds. The minimum Gasteiger partial charge on any atom is -0.311 e. The van der Waals surface area contributed by atoms with Gasteiger partial charge in [-0.1, -0.05) is 57.3 Å². The van der Waals surface area contributed by atoms with Crippen LogP contribution in [0, 0.1) is 5.92 Å². The Bertz CT molecular complexity index is 418. The zero-order chi connectivity index (χ0) is 15.2. The van der Waals surface area contributed by atoms with Crippen LogP contribution in [0.5, 0.6) is 0 Å². The highest BCUT2D eigenvalue weighted by Crippen LogP contribution is 2.21. The Labute approximate surface area is 134 Å². The molecule has 3 heteroatoms.